The fourth-order valence-corrected chi connectivity index (χ4v) is 3.25. The van der Waals surface area contributed by atoms with Crippen LogP contribution in [0.5, 0.6) is 0 Å². The first-order valence-electron chi connectivity index (χ1n) is 8.25. The van der Waals surface area contributed by atoms with Crippen LogP contribution in [0.3, 0.4) is 0 Å². The van der Waals surface area contributed by atoms with Crippen molar-refractivity contribution in [2.75, 3.05) is 32.5 Å². The maximum Gasteiger partial charge on any atom is 0.348 e. The SMILES string of the molecule is CN(C)C1CCN(C2=Nc3ccccc3N/C2=C(/C#N)C(=O)O)CC1. The molecular weight excluding hydrogens is 318 g/mol. The predicted molar refractivity (Wildman–Crippen MR) is 95.7 cm³/mol. The Morgan fingerprint density at radius 3 is 2.64 bits per heavy atom. The number of carboxylic acid groups (broad SMARTS) is 1. The van der Waals surface area contributed by atoms with Gasteiger partial charge in [-0.25, -0.2) is 9.79 Å². The zero-order valence-corrected chi connectivity index (χ0v) is 14.4. The van der Waals surface area contributed by atoms with Gasteiger partial charge < -0.3 is 20.2 Å². The minimum atomic E-state index is -1.25. The molecule has 2 heterocycles. The average Bonchev–Trinajstić information content (AvgIpc) is 2.61. The molecule has 2 aliphatic heterocycles. The number of carboxylic acids is 1. The number of para-hydroxylation sites is 2. The number of hydrogen-bond donors (Lipinski definition) is 2. The number of fused-ring (bicyclic) bond motifs is 1. The summed E-state index contributed by atoms with van der Waals surface area (Å²) in [7, 11) is 4.14. The molecule has 0 aromatic heterocycles. The van der Waals surface area contributed by atoms with E-state index in [1.807, 2.05) is 24.3 Å². The second-order valence-corrected chi connectivity index (χ2v) is 6.43. The molecule has 1 fully saturated rings. The van der Waals surface area contributed by atoms with Gasteiger partial charge in [0.2, 0.25) is 0 Å². The number of carbonyl (C=O) groups is 1. The molecular formula is C18H21N5O2. The quantitative estimate of drug-likeness (QED) is 0.633. The third kappa shape index (κ3) is 3.35. The van der Waals surface area contributed by atoms with E-state index in [0.717, 1.165) is 31.6 Å². The lowest BCUT2D eigenvalue weighted by atomic mass is 10.0. The monoisotopic (exact) mass is 339 g/mol. The van der Waals surface area contributed by atoms with E-state index in [4.69, 9.17) is 0 Å². The standard InChI is InChI=1S/C18H21N5O2/c1-22(2)12-7-9-23(10-8-12)17-16(13(11-19)18(24)25)20-14-5-3-4-6-15(14)21-17/h3-6,12,20H,7-10H2,1-2H3,(H,24,25)/b16-13-. The number of nitrogens with zero attached hydrogens (tertiary/aromatic N) is 4. The van der Waals surface area contributed by atoms with E-state index in [-0.39, 0.29) is 11.3 Å². The average molecular weight is 339 g/mol. The highest BCUT2D eigenvalue weighted by molar-refractivity contribution is 6.12. The number of likely N-dealkylation sites (tertiary alicyclic amines) is 1. The molecule has 0 bridgehead atoms. The van der Waals surface area contributed by atoms with Crippen molar-refractivity contribution in [2.24, 2.45) is 4.99 Å². The Kier molecular flexibility index (Phi) is 4.72. The van der Waals surface area contributed by atoms with Crippen LogP contribution in [0.2, 0.25) is 0 Å². The molecule has 0 saturated carbocycles. The number of hydrogen-bond acceptors (Lipinski definition) is 6. The number of benzene rings is 1. The van der Waals surface area contributed by atoms with Crippen molar-refractivity contribution in [1.82, 2.24) is 9.80 Å². The van der Waals surface area contributed by atoms with Crippen molar-refractivity contribution < 1.29 is 9.90 Å². The Labute approximate surface area is 146 Å². The number of rotatable bonds is 2. The van der Waals surface area contributed by atoms with Gasteiger partial charge in [0.25, 0.3) is 0 Å². The van der Waals surface area contributed by atoms with Crippen molar-refractivity contribution in [3.8, 4) is 6.07 Å². The zero-order valence-electron chi connectivity index (χ0n) is 14.4. The van der Waals surface area contributed by atoms with Crippen molar-refractivity contribution in [3.05, 3.63) is 35.5 Å². The summed E-state index contributed by atoms with van der Waals surface area (Å²) in [6, 6.07) is 9.73. The molecule has 0 amide bonds. The van der Waals surface area contributed by atoms with Gasteiger partial charge in [-0.3, -0.25) is 0 Å². The second kappa shape index (κ2) is 6.95. The normalized spacial score (nSPS) is 19.6. The molecule has 7 heteroatoms. The van der Waals surface area contributed by atoms with E-state index in [9.17, 15) is 15.2 Å². The molecule has 0 spiro atoms. The third-order valence-corrected chi connectivity index (χ3v) is 4.68. The van der Waals surface area contributed by atoms with Gasteiger partial charge in [0.15, 0.2) is 11.4 Å². The topological polar surface area (TPSA) is 92.0 Å². The fraction of sp³-hybridized carbons (Fsp3) is 0.389. The minimum absolute atomic E-state index is 0.275. The van der Waals surface area contributed by atoms with Crippen molar-refractivity contribution >= 4 is 23.2 Å². The summed E-state index contributed by atoms with van der Waals surface area (Å²) in [6.07, 6.45) is 1.94. The Balaban J connectivity index is 2.00. The van der Waals surface area contributed by atoms with Crippen molar-refractivity contribution in [3.63, 3.8) is 0 Å². The summed E-state index contributed by atoms with van der Waals surface area (Å²) in [5, 5.41) is 21.8. The smallest absolute Gasteiger partial charge is 0.348 e. The van der Waals surface area contributed by atoms with Crippen LogP contribution in [0.4, 0.5) is 11.4 Å². The van der Waals surface area contributed by atoms with Gasteiger partial charge in [-0.05, 0) is 39.1 Å². The largest absolute Gasteiger partial charge is 0.477 e. The summed E-state index contributed by atoms with van der Waals surface area (Å²) in [4.78, 5) is 20.5. The van der Waals surface area contributed by atoms with E-state index in [2.05, 4.69) is 34.2 Å². The number of amidine groups is 1. The van der Waals surface area contributed by atoms with Gasteiger partial charge >= 0.3 is 5.97 Å². The maximum atomic E-state index is 11.5. The number of aliphatic imine (C=N–C) groups is 1. The van der Waals surface area contributed by atoms with Crippen molar-refractivity contribution in [1.29, 1.82) is 5.26 Å². The molecule has 2 N–H and O–H groups in total. The highest BCUT2D eigenvalue weighted by Gasteiger charge is 2.30. The van der Waals surface area contributed by atoms with Gasteiger partial charge in [-0.15, -0.1) is 0 Å². The van der Waals surface area contributed by atoms with Crippen LogP contribution >= 0.6 is 0 Å². The van der Waals surface area contributed by atoms with E-state index < -0.39 is 5.97 Å². The van der Waals surface area contributed by atoms with Crippen LogP contribution in [0.1, 0.15) is 12.8 Å². The third-order valence-electron chi connectivity index (χ3n) is 4.68. The Morgan fingerprint density at radius 1 is 1.36 bits per heavy atom. The Hall–Kier alpha value is -2.85. The summed E-state index contributed by atoms with van der Waals surface area (Å²) in [5.74, 6) is -0.713. The first-order chi connectivity index (χ1) is 12.0. The van der Waals surface area contributed by atoms with Gasteiger partial charge in [0.1, 0.15) is 11.8 Å². The van der Waals surface area contributed by atoms with Crippen molar-refractivity contribution in [2.45, 2.75) is 18.9 Å². The number of anilines is 1. The second-order valence-electron chi connectivity index (χ2n) is 6.43. The molecule has 0 atom stereocenters. The van der Waals surface area contributed by atoms with Crippen LogP contribution in [-0.2, 0) is 4.79 Å². The molecule has 130 valence electrons. The molecule has 0 radical (unpaired) electrons. The fourth-order valence-electron chi connectivity index (χ4n) is 3.25. The first-order valence-corrected chi connectivity index (χ1v) is 8.25. The van der Waals surface area contributed by atoms with Crippen LogP contribution in [-0.4, -0.2) is 59.9 Å². The zero-order chi connectivity index (χ0) is 18.0. The van der Waals surface area contributed by atoms with Crippen LogP contribution in [0.25, 0.3) is 0 Å². The minimum Gasteiger partial charge on any atom is -0.477 e. The summed E-state index contributed by atoms with van der Waals surface area (Å²) < 4.78 is 0. The molecule has 1 aromatic rings. The first kappa shape index (κ1) is 17.0. The number of piperidine rings is 1. The highest BCUT2D eigenvalue weighted by Crippen LogP contribution is 2.33. The van der Waals surface area contributed by atoms with Gasteiger partial charge in [0, 0.05) is 19.1 Å². The van der Waals surface area contributed by atoms with Crippen LogP contribution < -0.4 is 5.32 Å². The Morgan fingerprint density at radius 2 is 2.04 bits per heavy atom. The van der Waals surface area contributed by atoms with Crippen LogP contribution in [0.15, 0.2) is 40.5 Å². The molecule has 1 saturated heterocycles. The highest BCUT2D eigenvalue weighted by atomic mass is 16.4. The summed E-state index contributed by atoms with van der Waals surface area (Å²) in [5.41, 5.74) is 1.41. The summed E-state index contributed by atoms with van der Waals surface area (Å²) >= 11 is 0. The summed E-state index contributed by atoms with van der Waals surface area (Å²) in [6.45, 7) is 1.54. The van der Waals surface area contributed by atoms with E-state index in [1.54, 1.807) is 6.07 Å². The molecule has 0 aliphatic carbocycles. The molecule has 7 nitrogen and oxygen atoms in total. The van der Waals surface area contributed by atoms with E-state index in [0.29, 0.717) is 17.6 Å². The lowest BCUT2D eigenvalue weighted by Gasteiger charge is -2.38. The van der Waals surface area contributed by atoms with Gasteiger partial charge in [0.05, 0.1) is 11.4 Å². The number of nitrogens with one attached hydrogen (secondary N) is 1. The number of nitriles is 1. The van der Waals surface area contributed by atoms with Gasteiger partial charge in [-0.2, -0.15) is 5.26 Å². The molecule has 2 aliphatic rings. The van der Waals surface area contributed by atoms with Gasteiger partial charge in [-0.1, -0.05) is 12.1 Å². The lowest BCUT2D eigenvalue weighted by molar-refractivity contribution is -0.132. The maximum absolute atomic E-state index is 11.5. The number of aliphatic carboxylic acids is 1. The Bertz CT molecular complexity index is 783. The molecule has 1 aromatic carbocycles. The molecule has 0 unspecified atom stereocenters. The lowest BCUT2D eigenvalue weighted by Crippen LogP contribution is -2.46. The van der Waals surface area contributed by atoms with E-state index >= 15 is 0 Å². The molecule has 3 rings (SSSR count). The van der Waals surface area contributed by atoms with E-state index in [1.165, 1.54) is 0 Å². The predicted octanol–water partition coefficient (Wildman–Crippen LogP) is 2.03. The molecule has 25 heavy (non-hydrogen) atoms. The van der Waals surface area contributed by atoms with Crippen LogP contribution in [0, 0.1) is 11.3 Å².